The first-order valence-corrected chi connectivity index (χ1v) is 11.6. The fourth-order valence-electron chi connectivity index (χ4n) is 3.49. The molecule has 1 aliphatic rings. The van der Waals surface area contributed by atoms with Crippen molar-refractivity contribution in [3.05, 3.63) is 59.7 Å². The molecule has 1 aromatic carbocycles. The van der Waals surface area contributed by atoms with Crippen molar-refractivity contribution < 1.29 is 9.53 Å². The predicted octanol–water partition coefficient (Wildman–Crippen LogP) is 2.81. The molecule has 0 spiro atoms. The minimum Gasteiger partial charge on any atom is -0.377 e. The number of aromatic nitrogens is 5. The molecule has 3 heterocycles. The summed E-state index contributed by atoms with van der Waals surface area (Å²) in [6.45, 7) is 4.34. The van der Waals surface area contributed by atoms with Gasteiger partial charge < -0.3 is 14.6 Å². The van der Waals surface area contributed by atoms with Gasteiger partial charge >= 0.3 is 0 Å². The number of benzene rings is 1. The fourth-order valence-corrected chi connectivity index (χ4v) is 4.52. The average molecular weight is 441 g/mol. The van der Waals surface area contributed by atoms with Crippen LogP contribution in [0.25, 0.3) is 0 Å². The van der Waals surface area contributed by atoms with Crippen LogP contribution >= 0.6 is 11.8 Å². The normalized spacial score (nSPS) is 16.0. The number of carbonyl (C=O) groups excluding carboxylic acids is 1. The Hall–Kier alpha value is -2.65. The largest absolute Gasteiger partial charge is 0.377 e. The van der Waals surface area contributed by atoms with E-state index in [4.69, 9.17) is 4.74 Å². The van der Waals surface area contributed by atoms with Crippen LogP contribution in [0.3, 0.4) is 0 Å². The van der Waals surface area contributed by atoms with Crippen molar-refractivity contribution in [2.75, 3.05) is 12.4 Å². The highest BCUT2D eigenvalue weighted by molar-refractivity contribution is 7.99. The third-order valence-electron chi connectivity index (χ3n) is 5.18. The van der Waals surface area contributed by atoms with E-state index in [1.165, 1.54) is 5.56 Å². The predicted molar refractivity (Wildman–Crippen MR) is 119 cm³/mol. The Morgan fingerprint density at radius 3 is 2.87 bits per heavy atom. The molecule has 31 heavy (non-hydrogen) atoms. The third kappa shape index (κ3) is 6.18. The summed E-state index contributed by atoms with van der Waals surface area (Å²) >= 11 is 1.67. The van der Waals surface area contributed by atoms with E-state index in [-0.39, 0.29) is 12.0 Å². The molecule has 164 valence electrons. The minimum absolute atomic E-state index is 0.0315. The highest BCUT2D eigenvalue weighted by Gasteiger charge is 2.19. The molecule has 0 radical (unpaired) electrons. The molecule has 2 aromatic heterocycles. The number of nitrogens with one attached hydrogen (secondary N) is 1. The summed E-state index contributed by atoms with van der Waals surface area (Å²) in [5, 5.41) is 16.9. The molecule has 0 aliphatic carbocycles. The molecule has 9 heteroatoms. The lowest BCUT2D eigenvalue weighted by molar-refractivity contribution is -0.121. The van der Waals surface area contributed by atoms with Gasteiger partial charge in [-0.25, -0.2) is 0 Å². The molecule has 8 nitrogen and oxygen atoms in total. The fraction of sp³-hybridized carbons (Fsp3) is 0.455. The lowest BCUT2D eigenvalue weighted by atomic mass is 10.2. The maximum Gasteiger partial charge on any atom is 0.222 e. The zero-order chi connectivity index (χ0) is 21.5. The Morgan fingerprint density at radius 1 is 1.26 bits per heavy atom. The number of aryl methyl sites for hydroxylation is 2. The number of hydrogen-bond acceptors (Lipinski definition) is 6. The van der Waals surface area contributed by atoms with Gasteiger partial charge in [0.25, 0.3) is 0 Å². The van der Waals surface area contributed by atoms with Crippen molar-refractivity contribution in [3.8, 4) is 0 Å². The van der Waals surface area contributed by atoms with Crippen LogP contribution in [0, 0.1) is 6.92 Å². The summed E-state index contributed by atoms with van der Waals surface area (Å²) < 4.78 is 9.61. The lowest BCUT2D eigenvalue weighted by Gasteiger charge is -2.12. The number of thioether (sulfide) groups is 1. The molecule has 0 saturated carbocycles. The summed E-state index contributed by atoms with van der Waals surface area (Å²) in [5.74, 6) is 1.58. The van der Waals surface area contributed by atoms with Crippen LogP contribution < -0.4 is 5.32 Å². The second kappa shape index (κ2) is 10.6. The van der Waals surface area contributed by atoms with Crippen LogP contribution in [-0.4, -0.2) is 48.9 Å². The van der Waals surface area contributed by atoms with Crippen LogP contribution in [-0.2, 0) is 29.2 Å². The molecule has 1 atom stereocenters. The number of nitrogens with zero attached hydrogens (tertiary/aromatic N) is 5. The molecule has 1 aliphatic heterocycles. The second-order valence-electron chi connectivity index (χ2n) is 7.66. The van der Waals surface area contributed by atoms with Crippen molar-refractivity contribution in [1.82, 2.24) is 29.9 Å². The highest BCUT2D eigenvalue weighted by Crippen LogP contribution is 2.24. The van der Waals surface area contributed by atoms with Crippen molar-refractivity contribution in [3.63, 3.8) is 0 Å². The van der Waals surface area contributed by atoms with E-state index in [0.717, 1.165) is 41.9 Å². The van der Waals surface area contributed by atoms with Crippen LogP contribution in [0.1, 0.15) is 36.3 Å². The van der Waals surface area contributed by atoms with E-state index in [2.05, 4.69) is 37.3 Å². The van der Waals surface area contributed by atoms with E-state index >= 15 is 0 Å². The highest BCUT2D eigenvalue weighted by atomic mass is 32.2. The number of ether oxygens (including phenoxy) is 1. The van der Waals surface area contributed by atoms with Gasteiger partial charge in [-0.3, -0.25) is 9.48 Å². The van der Waals surface area contributed by atoms with Crippen LogP contribution in [0.4, 0.5) is 0 Å². The first-order chi connectivity index (χ1) is 15.2. The van der Waals surface area contributed by atoms with Gasteiger partial charge in [-0.05, 0) is 31.4 Å². The van der Waals surface area contributed by atoms with E-state index in [1.807, 2.05) is 37.4 Å². The van der Waals surface area contributed by atoms with E-state index < -0.39 is 0 Å². The van der Waals surface area contributed by atoms with Crippen molar-refractivity contribution in [2.45, 2.75) is 57.1 Å². The molecule has 1 saturated heterocycles. The van der Waals surface area contributed by atoms with Gasteiger partial charge in [0, 0.05) is 31.5 Å². The van der Waals surface area contributed by atoms with Crippen molar-refractivity contribution in [2.24, 2.45) is 0 Å². The minimum atomic E-state index is -0.0315. The Morgan fingerprint density at radius 2 is 2.13 bits per heavy atom. The molecule has 1 unspecified atom stereocenters. The number of carbonyl (C=O) groups is 1. The maximum atomic E-state index is 12.3. The first kappa shape index (κ1) is 21.6. The molecule has 3 aromatic rings. The second-order valence-corrected chi connectivity index (χ2v) is 8.65. The molecule has 1 N–H and O–H groups in total. The SMILES string of the molecule is Cc1ccn(CCC(=O)NCc2nnc(SCC3CCCO3)n2Cc2ccccc2)n1. The van der Waals surface area contributed by atoms with Gasteiger partial charge in [0.05, 0.1) is 24.9 Å². The average Bonchev–Trinajstić information content (AvgIpc) is 3.52. The zero-order valence-electron chi connectivity index (χ0n) is 17.7. The smallest absolute Gasteiger partial charge is 0.222 e. The Balaban J connectivity index is 1.38. The summed E-state index contributed by atoms with van der Waals surface area (Å²) in [5.41, 5.74) is 2.12. The van der Waals surface area contributed by atoms with Crippen molar-refractivity contribution >= 4 is 17.7 Å². The van der Waals surface area contributed by atoms with Gasteiger partial charge in [0.1, 0.15) is 0 Å². The Kier molecular flexibility index (Phi) is 7.37. The Bertz CT molecular complexity index is 981. The standard InChI is InChI=1S/C22H28N6O2S/c1-17-9-11-27(26-17)12-10-21(29)23-14-20-24-25-22(31-16-19-8-5-13-30-19)28(20)15-18-6-3-2-4-7-18/h2-4,6-7,9,11,19H,5,8,10,12-16H2,1H3,(H,23,29). The van der Waals surface area contributed by atoms with E-state index in [1.54, 1.807) is 16.4 Å². The van der Waals surface area contributed by atoms with Gasteiger partial charge in [0.15, 0.2) is 11.0 Å². The first-order valence-electron chi connectivity index (χ1n) is 10.6. The molecule has 1 fully saturated rings. The van der Waals surface area contributed by atoms with Gasteiger partial charge in [-0.1, -0.05) is 42.1 Å². The van der Waals surface area contributed by atoms with Crippen LogP contribution in [0.15, 0.2) is 47.8 Å². The van der Waals surface area contributed by atoms with Crippen molar-refractivity contribution in [1.29, 1.82) is 0 Å². The number of rotatable bonds is 10. The molecular weight excluding hydrogens is 412 g/mol. The quantitative estimate of drug-likeness (QED) is 0.488. The monoisotopic (exact) mass is 440 g/mol. The zero-order valence-corrected chi connectivity index (χ0v) is 18.6. The molecular formula is C22H28N6O2S. The van der Waals surface area contributed by atoms with E-state index in [9.17, 15) is 4.79 Å². The number of amides is 1. The lowest BCUT2D eigenvalue weighted by Crippen LogP contribution is -2.26. The molecule has 0 bridgehead atoms. The third-order valence-corrected chi connectivity index (χ3v) is 6.28. The number of hydrogen-bond donors (Lipinski definition) is 1. The Labute approximate surface area is 186 Å². The topological polar surface area (TPSA) is 86.9 Å². The molecule has 1 amide bonds. The van der Waals surface area contributed by atoms with Crippen LogP contribution in [0.2, 0.25) is 0 Å². The molecule has 4 rings (SSSR count). The summed E-state index contributed by atoms with van der Waals surface area (Å²) in [6, 6.07) is 12.2. The van der Waals surface area contributed by atoms with Gasteiger partial charge in [-0.2, -0.15) is 5.10 Å². The van der Waals surface area contributed by atoms with Gasteiger partial charge in [0.2, 0.25) is 5.91 Å². The summed E-state index contributed by atoms with van der Waals surface area (Å²) in [6.07, 6.45) is 4.75. The maximum absolute atomic E-state index is 12.3. The van der Waals surface area contributed by atoms with Crippen LogP contribution in [0.5, 0.6) is 0 Å². The van der Waals surface area contributed by atoms with Gasteiger partial charge in [-0.15, -0.1) is 10.2 Å². The summed E-state index contributed by atoms with van der Waals surface area (Å²) in [7, 11) is 0. The summed E-state index contributed by atoms with van der Waals surface area (Å²) in [4.78, 5) is 12.3. The van der Waals surface area contributed by atoms with E-state index in [0.29, 0.717) is 26.1 Å².